The summed E-state index contributed by atoms with van der Waals surface area (Å²) in [4.78, 5) is 0. The summed E-state index contributed by atoms with van der Waals surface area (Å²) in [5.74, 6) is 0.0687. The Hall–Kier alpha value is -1.86. The van der Waals surface area contributed by atoms with E-state index in [1.165, 1.54) is 16.7 Å². The van der Waals surface area contributed by atoms with Crippen molar-refractivity contribution in [3.05, 3.63) is 83.4 Å². The predicted octanol–water partition coefficient (Wildman–Crippen LogP) is 4.49. The summed E-state index contributed by atoms with van der Waals surface area (Å²) in [7, 11) is 0. The maximum atomic E-state index is 11.4. The summed E-state index contributed by atoms with van der Waals surface area (Å²) in [6, 6.07) is 16.8. The molecule has 0 radical (unpaired) electrons. The Kier molecular flexibility index (Phi) is 3.69. The van der Waals surface area contributed by atoms with Crippen LogP contribution >= 0.6 is 0 Å². The normalized spacial score (nSPS) is 25.0. The van der Waals surface area contributed by atoms with Gasteiger partial charge in [0.25, 0.3) is 0 Å². The number of hydrogen-bond acceptors (Lipinski definition) is 1. The van der Waals surface area contributed by atoms with Crippen LogP contribution in [-0.2, 0) is 12.0 Å². The van der Waals surface area contributed by atoms with Gasteiger partial charge in [-0.1, -0.05) is 66.7 Å². The Balaban J connectivity index is 2.12. The van der Waals surface area contributed by atoms with Gasteiger partial charge in [-0.2, -0.15) is 0 Å². The van der Waals surface area contributed by atoms with Crippen LogP contribution in [0.1, 0.15) is 41.0 Å². The topological polar surface area (TPSA) is 20.2 Å². The predicted molar refractivity (Wildman–Crippen MR) is 87.4 cm³/mol. The second-order valence-corrected chi connectivity index (χ2v) is 6.04. The van der Waals surface area contributed by atoms with E-state index in [1.54, 1.807) is 6.08 Å². The van der Waals surface area contributed by atoms with Crippen molar-refractivity contribution in [1.29, 1.82) is 0 Å². The van der Waals surface area contributed by atoms with Gasteiger partial charge in [0.05, 0.1) is 0 Å². The van der Waals surface area contributed by atoms with Gasteiger partial charge in [0.2, 0.25) is 0 Å². The van der Waals surface area contributed by atoms with Gasteiger partial charge in [-0.3, -0.25) is 0 Å². The third-order valence-electron chi connectivity index (χ3n) is 4.71. The lowest BCUT2D eigenvalue weighted by molar-refractivity contribution is 0.0564. The quantitative estimate of drug-likeness (QED) is 0.634. The number of benzene rings is 2. The molecule has 0 fully saturated rings. The van der Waals surface area contributed by atoms with Crippen molar-refractivity contribution in [2.24, 2.45) is 0 Å². The molecule has 1 aliphatic rings. The van der Waals surface area contributed by atoms with Crippen molar-refractivity contribution >= 4 is 0 Å². The van der Waals surface area contributed by atoms with Gasteiger partial charge in [-0.15, -0.1) is 0 Å². The van der Waals surface area contributed by atoms with E-state index in [4.69, 9.17) is 0 Å². The number of rotatable bonds is 2. The summed E-state index contributed by atoms with van der Waals surface area (Å²) < 4.78 is 0. The summed E-state index contributed by atoms with van der Waals surface area (Å²) in [6.07, 6.45) is 4.81. The molecule has 1 heteroatoms. The minimum Gasteiger partial charge on any atom is -0.380 e. The first-order chi connectivity index (χ1) is 10.1. The molecule has 3 rings (SSSR count). The minimum absolute atomic E-state index is 0.0687. The first kappa shape index (κ1) is 14.1. The van der Waals surface area contributed by atoms with E-state index in [2.05, 4.69) is 49.9 Å². The largest absolute Gasteiger partial charge is 0.380 e. The molecule has 0 heterocycles. The smallest absolute Gasteiger partial charge is 0.115 e. The van der Waals surface area contributed by atoms with E-state index in [-0.39, 0.29) is 5.92 Å². The second kappa shape index (κ2) is 5.50. The molecule has 1 aliphatic carbocycles. The van der Waals surface area contributed by atoms with Gasteiger partial charge >= 0.3 is 0 Å². The number of aryl methyl sites for hydroxylation is 2. The monoisotopic (exact) mass is 278 g/mol. The number of aliphatic hydroxyl groups is 1. The Morgan fingerprint density at radius 3 is 2.57 bits per heavy atom. The molecular weight excluding hydrogens is 256 g/mol. The molecule has 108 valence electrons. The van der Waals surface area contributed by atoms with Crippen LogP contribution in [0.3, 0.4) is 0 Å². The van der Waals surface area contributed by atoms with Crippen LogP contribution in [0.25, 0.3) is 0 Å². The summed E-state index contributed by atoms with van der Waals surface area (Å²) >= 11 is 0. The van der Waals surface area contributed by atoms with E-state index in [0.29, 0.717) is 0 Å². The molecule has 1 N–H and O–H groups in total. The highest BCUT2D eigenvalue weighted by Gasteiger charge is 2.39. The summed E-state index contributed by atoms with van der Waals surface area (Å²) in [5, 5.41) is 11.4. The maximum Gasteiger partial charge on any atom is 0.115 e. The van der Waals surface area contributed by atoms with Crippen LogP contribution < -0.4 is 0 Å². The lowest BCUT2D eigenvalue weighted by Gasteiger charge is -2.34. The van der Waals surface area contributed by atoms with Crippen LogP contribution in [0.5, 0.6) is 0 Å². The highest BCUT2D eigenvalue weighted by molar-refractivity contribution is 5.41. The molecule has 0 aliphatic heterocycles. The second-order valence-electron chi connectivity index (χ2n) is 6.04. The van der Waals surface area contributed by atoms with Crippen LogP contribution in [-0.4, -0.2) is 5.11 Å². The number of fused-ring (bicyclic) bond motifs is 1. The van der Waals surface area contributed by atoms with Crippen LogP contribution in [0, 0.1) is 6.92 Å². The molecule has 21 heavy (non-hydrogen) atoms. The van der Waals surface area contributed by atoms with E-state index >= 15 is 0 Å². The molecule has 0 unspecified atom stereocenters. The Morgan fingerprint density at radius 1 is 1.14 bits per heavy atom. The fraction of sp³-hybridized carbons (Fsp3) is 0.300. The Bertz CT molecular complexity index is 641. The lowest BCUT2D eigenvalue weighted by Crippen LogP contribution is -2.31. The first-order valence-corrected chi connectivity index (χ1v) is 7.66. The van der Waals surface area contributed by atoms with Crippen molar-refractivity contribution in [3.63, 3.8) is 0 Å². The summed E-state index contributed by atoms with van der Waals surface area (Å²) in [5.41, 5.74) is 3.72. The molecular formula is C20H22O. The fourth-order valence-electron chi connectivity index (χ4n) is 3.51. The lowest BCUT2D eigenvalue weighted by atomic mass is 9.76. The fourth-order valence-corrected chi connectivity index (χ4v) is 3.51. The zero-order valence-corrected chi connectivity index (χ0v) is 12.5. The van der Waals surface area contributed by atoms with Gasteiger partial charge in [-0.25, -0.2) is 0 Å². The number of hydrogen-bond donors (Lipinski definition) is 1. The van der Waals surface area contributed by atoms with Gasteiger partial charge < -0.3 is 5.11 Å². The van der Waals surface area contributed by atoms with Crippen molar-refractivity contribution in [2.45, 2.75) is 37.7 Å². The molecule has 2 aromatic carbocycles. The van der Waals surface area contributed by atoms with Crippen molar-refractivity contribution in [2.75, 3.05) is 0 Å². The third-order valence-corrected chi connectivity index (χ3v) is 4.71. The minimum atomic E-state index is -0.984. The Labute approximate surface area is 127 Å². The molecule has 0 bridgehead atoms. The van der Waals surface area contributed by atoms with Crippen LogP contribution in [0.15, 0.2) is 61.2 Å². The molecule has 2 atom stereocenters. The highest BCUT2D eigenvalue weighted by atomic mass is 16.3. The first-order valence-electron chi connectivity index (χ1n) is 7.66. The molecule has 1 nitrogen and oxygen atoms in total. The van der Waals surface area contributed by atoms with E-state index in [0.717, 1.165) is 24.8 Å². The Morgan fingerprint density at radius 2 is 1.86 bits per heavy atom. The van der Waals surface area contributed by atoms with Crippen molar-refractivity contribution < 1.29 is 5.11 Å². The molecule has 2 aromatic rings. The van der Waals surface area contributed by atoms with Gasteiger partial charge in [0.1, 0.15) is 5.60 Å². The average Bonchev–Trinajstić information content (AvgIpc) is 2.66. The van der Waals surface area contributed by atoms with E-state index in [9.17, 15) is 5.11 Å². The zero-order valence-electron chi connectivity index (χ0n) is 12.5. The molecule has 0 spiro atoms. The molecule has 0 saturated heterocycles. The van der Waals surface area contributed by atoms with Gasteiger partial charge in [-0.05, 0) is 42.9 Å². The molecule has 0 aromatic heterocycles. The van der Waals surface area contributed by atoms with Crippen molar-refractivity contribution in [1.82, 2.24) is 0 Å². The summed E-state index contributed by atoms with van der Waals surface area (Å²) in [6.45, 7) is 6.03. The SMILES string of the molecule is C=C[C@@]1(O)c2ccccc2CCC[C@@H]1c1ccc(C)cc1. The zero-order chi connectivity index (χ0) is 14.9. The van der Waals surface area contributed by atoms with Crippen LogP contribution in [0.4, 0.5) is 0 Å². The van der Waals surface area contributed by atoms with Gasteiger partial charge in [0.15, 0.2) is 0 Å². The third kappa shape index (κ3) is 2.43. The van der Waals surface area contributed by atoms with E-state index in [1.807, 2.05) is 12.1 Å². The standard InChI is InChI=1S/C20H22O/c1-3-20(21)18-9-5-4-7-16(18)8-6-10-19(20)17-13-11-15(2)12-14-17/h3-5,7,9,11-14,19,21H,1,6,8,10H2,2H3/t19-,20-/m1/s1. The van der Waals surface area contributed by atoms with E-state index < -0.39 is 5.60 Å². The van der Waals surface area contributed by atoms with Crippen molar-refractivity contribution in [3.8, 4) is 0 Å². The maximum absolute atomic E-state index is 11.4. The molecule has 0 saturated carbocycles. The highest BCUT2D eigenvalue weighted by Crippen LogP contribution is 2.45. The molecule has 0 amide bonds. The van der Waals surface area contributed by atoms with Crippen LogP contribution in [0.2, 0.25) is 0 Å². The average molecular weight is 278 g/mol. The van der Waals surface area contributed by atoms with Gasteiger partial charge in [0, 0.05) is 5.92 Å².